The van der Waals surface area contributed by atoms with E-state index in [4.69, 9.17) is 16.2 Å². The second kappa shape index (κ2) is 4.21. The van der Waals surface area contributed by atoms with Crippen molar-refractivity contribution in [2.75, 3.05) is 13.7 Å². The van der Waals surface area contributed by atoms with Crippen LogP contribution in [0.5, 0.6) is 5.75 Å². The van der Waals surface area contributed by atoms with E-state index < -0.39 is 5.54 Å². The third-order valence-corrected chi connectivity index (χ3v) is 2.66. The summed E-state index contributed by atoms with van der Waals surface area (Å²) in [6.07, 6.45) is 0. The van der Waals surface area contributed by atoms with Gasteiger partial charge in [-0.3, -0.25) is 0 Å². The Morgan fingerprint density at radius 3 is 2.40 bits per heavy atom. The summed E-state index contributed by atoms with van der Waals surface area (Å²) in [6.45, 7) is 6.39. The molecule has 0 aliphatic carbocycles. The molecule has 0 spiro atoms. The molecule has 4 N–H and O–H groups in total. The molecule has 0 bridgehead atoms. The Morgan fingerprint density at radius 2 is 1.93 bits per heavy atom. The van der Waals surface area contributed by atoms with Gasteiger partial charge in [-0.2, -0.15) is 0 Å². The monoisotopic (exact) mass is 208 g/mol. The van der Waals surface area contributed by atoms with Crippen molar-refractivity contribution in [3.05, 3.63) is 28.8 Å². The molecule has 0 aliphatic rings. The van der Waals surface area contributed by atoms with Gasteiger partial charge in [-0.05, 0) is 38.0 Å². The predicted molar refractivity (Wildman–Crippen MR) is 63.1 cm³/mol. The SMILES string of the molecule is COc1cc(C)cc(C)c1C(C)(N)CN. The zero-order valence-corrected chi connectivity index (χ0v) is 9.92. The number of nitrogens with two attached hydrogens (primary N) is 2. The van der Waals surface area contributed by atoms with E-state index in [-0.39, 0.29) is 0 Å². The molecule has 3 nitrogen and oxygen atoms in total. The molecule has 0 aromatic heterocycles. The number of ether oxygens (including phenoxy) is 1. The number of hydrogen-bond acceptors (Lipinski definition) is 3. The highest BCUT2D eigenvalue weighted by Crippen LogP contribution is 2.31. The van der Waals surface area contributed by atoms with E-state index in [2.05, 4.69) is 6.07 Å². The van der Waals surface area contributed by atoms with Gasteiger partial charge in [0.25, 0.3) is 0 Å². The number of hydrogen-bond donors (Lipinski definition) is 2. The van der Waals surface area contributed by atoms with E-state index >= 15 is 0 Å². The van der Waals surface area contributed by atoms with Crippen LogP contribution in [-0.2, 0) is 5.54 Å². The first-order valence-electron chi connectivity index (χ1n) is 5.07. The van der Waals surface area contributed by atoms with Crippen LogP contribution in [0, 0.1) is 13.8 Å². The molecular formula is C12H20N2O. The van der Waals surface area contributed by atoms with Crippen LogP contribution in [-0.4, -0.2) is 13.7 Å². The second-order valence-corrected chi connectivity index (χ2v) is 4.28. The Bertz CT molecular complexity index is 359. The maximum Gasteiger partial charge on any atom is 0.124 e. The van der Waals surface area contributed by atoms with Crippen LogP contribution in [0.3, 0.4) is 0 Å². The van der Waals surface area contributed by atoms with Crippen LogP contribution in [0.4, 0.5) is 0 Å². The summed E-state index contributed by atoms with van der Waals surface area (Å²) in [6, 6.07) is 4.09. The summed E-state index contributed by atoms with van der Waals surface area (Å²) in [5.41, 5.74) is 14.6. The lowest BCUT2D eigenvalue weighted by atomic mass is 9.88. The van der Waals surface area contributed by atoms with Gasteiger partial charge >= 0.3 is 0 Å². The first-order chi connectivity index (χ1) is 6.92. The van der Waals surface area contributed by atoms with E-state index in [9.17, 15) is 0 Å². The van der Waals surface area contributed by atoms with Crippen molar-refractivity contribution < 1.29 is 4.74 Å². The smallest absolute Gasteiger partial charge is 0.124 e. The van der Waals surface area contributed by atoms with Crippen molar-refractivity contribution in [3.63, 3.8) is 0 Å². The standard InChI is InChI=1S/C12H20N2O/c1-8-5-9(2)11(10(6-8)15-4)12(3,14)7-13/h5-6H,7,13-14H2,1-4H3. The summed E-state index contributed by atoms with van der Waals surface area (Å²) >= 11 is 0. The molecule has 0 aliphatic heterocycles. The summed E-state index contributed by atoms with van der Waals surface area (Å²) in [4.78, 5) is 0. The van der Waals surface area contributed by atoms with E-state index in [1.807, 2.05) is 26.8 Å². The Morgan fingerprint density at radius 1 is 1.33 bits per heavy atom. The van der Waals surface area contributed by atoms with E-state index in [0.29, 0.717) is 6.54 Å². The van der Waals surface area contributed by atoms with Gasteiger partial charge in [0.1, 0.15) is 5.75 Å². The molecule has 15 heavy (non-hydrogen) atoms. The topological polar surface area (TPSA) is 61.3 Å². The van der Waals surface area contributed by atoms with Gasteiger partial charge in [-0.25, -0.2) is 0 Å². The van der Waals surface area contributed by atoms with Crippen molar-refractivity contribution in [2.45, 2.75) is 26.3 Å². The highest BCUT2D eigenvalue weighted by molar-refractivity contribution is 5.47. The van der Waals surface area contributed by atoms with Gasteiger partial charge in [0, 0.05) is 12.1 Å². The van der Waals surface area contributed by atoms with Gasteiger partial charge in [0.15, 0.2) is 0 Å². The fourth-order valence-corrected chi connectivity index (χ4v) is 1.92. The third kappa shape index (κ3) is 2.30. The maximum absolute atomic E-state index is 6.16. The largest absolute Gasteiger partial charge is 0.496 e. The Hall–Kier alpha value is -1.06. The Labute approximate surface area is 91.4 Å². The van der Waals surface area contributed by atoms with Gasteiger partial charge in [0.05, 0.1) is 12.6 Å². The van der Waals surface area contributed by atoms with Crippen LogP contribution < -0.4 is 16.2 Å². The zero-order chi connectivity index (χ0) is 11.6. The number of rotatable bonds is 3. The first-order valence-corrected chi connectivity index (χ1v) is 5.07. The fourth-order valence-electron chi connectivity index (χ4n) is 1.92. The zero-order valence-electron chi connectivity index (χ0n) is 9.92. The average molecular weight is 208 g/mol. The molecule has 0 saturated heterocycles. The van der Waals surface area contributed by atoms with Gasteiger partial charge in [-0.15, -0.1) is 0 Å². The van der Waals surface area contributed by atoms with Crippen LogP contribution >= 0.6 is 0 Å². The molecule has 0 radical (unpaired) electrons. The van der Waals surface area contributed by atoms with Crippen LogP contribution in [0.2, 0.25) is 0 Å². The molecule has 1 atom stereocenters. The summed E-state index contributed by atoms with van der Waals surface area (Å²) in [5.74, 6) is 0.822. The van der Waals surface area contributed by atoms with E-state index in [1.54, 1.807) is 7.11 Å². The van der Waals surface area contributed by atoms with Crippen molar-refractivity contribution >= 4 is 0 Å². The van der Waals surface area contributed by atoms with E-state index in [0.717, 1.165) is 16.9 Å². The van der Waals surface area contributed by atoms with Crippen LogP contribution in [0.25, 0.3) is 0 Å². The molecular weight excluding hydrogens is 188 g/mol. The minimum Gasteiger partial charge on any atom is -0.496 e. The maximum atomic E-state index is 6.16. The third-order valence-electron chi connectivity index (χ3n) is 2.66. The first kappa shape index (κ1) is 12.0. The Balaban J connectivity index is 3.39. The molecule has 0 fully saturated rings. The molecule has 1 aromatic rings. The van der Waals surface area contributed by atoms with Crippen molar-refractivity contribution in [3.8, 4) is 5.75 Å². The molecule has 0 saturated carbocycles. The molecule has 84 valence electrons. The number of methoxy groups -OCH3 is 1. The van der Waals surface area contributed by atoms with Crippen LogP contribution in [0.1, 0.15) is 23.6 Å². The lowest BCUT2D eigenvalue weighted by molar-refractivity contribution is 0.388. The Kier molecular flexibility index (Phi) is 3.37. The van der Waals surface area contributed by atoms with Crippen molar-refractivity contribution in [1.29, 1.82) is 0 Å². The molecule has 1 unspecified atom stereocenters. The second-order valence-electron chi connectivity index (χ2n) is 4.28. The van der Waals surface area contributed by atoms with Gasteiger partial charge in [0.2, 0.25) is 0 Å². The normalized spacial score (nSPS) is 14.8. The fraction of sp³-hybridized carbons (Fsp3) is 0.500. The predicted octanol–water partition coefficient (Wildman–Crippen LogP) is 1.44. The molecule has 1 aromatic carbocycles. The summed E-state index contributed by atoms with van der Waals surface area (Å²) in [7, 11) is 1.66. The van der Waals surface area contributed by atoms with Gasteiger partial charge in [-0.1, -0.05) is 6.07 Å². The molecule has 1 rings (SSSR count). The lowest BCUT2D eigenvalue weighted by Crippen LogP contribution is -2.41. The van der Waals surface area contributed by atoms with Crippen LogP contribution in [0.15, 0.2) is 12.1 Å². The number of aryl methyl sites for hydroxylation is 2. The molecule has 3 heteroatoms. The lowest BCUT2D eigenvalue weighted by Gasteiger charge is -2.27. The summed E-state index contributed by atoms with van der Waals surface area (Å²) in [5, 5.41) is 0. The molecule has 0 heterocycles. The van der Waals surface area contributed by atoms with Crippen molar-refractivity contribution in [2.24, 2.45) is 11.5 Å². The van der Waals surface area contributed by atoms with E-state index in [1.165, 1.54) is 5.56 Å². The molecule has 0 amide bonds. The van der Waals surface area contributed by atoms with Crippen molar-refractivity contribution in [1.82, 2.24) is 0 Å². The highest BCUT2D eigenvalue weighted by atomic mass is 16.5. The van der Waals surface area contributed by atoms with Gasteiger partial charge < -0.3 is 16.2 Å². The highest BCUT2D eigenvalue weighted by Gasteiger charge is 2.25. The average Bonchev–Trinajstić information content (AvgIpc) is 2.15. The minimum atomic E-state index is -0.539. The number of benzene rings is 1. The quantitative estimate of drug-likeness (QED) is 0.790. The minimum absolute atomic E-state index is 0.396. The summed E-state index contributed by atoms with van der Waals surface area (Å²) < 4.78 is 5.36.